The molecule has 35 heavy (non-hydrogen) atoms. The third kappa shape index (κ3) is 4.16. The number of pyridine rings is 1. The summed E-state index contributed by atoms with van der Waals surface area (Å²) in [5, 5.41) is 13.9. The van der Waals surface area contributed by atoms with Crippen LogP contribution in [0.15, 0.2) is 54.9 Å². The summed E-state index contributed by atoms with van der Waals surface area (Å²) in [6.45, 7) is 3.36. The van der Waals surface area contributed by atoms with Crippen molar-refractivity contribution in [3.63, 3.8) is 0 Å². The Hall–Kier alpha value is -3.72. The van der Waals surface area contributed by atoms with Crippen LogP contribution in [0.1, 0.15) is 34.5 Å². The summed E-state index contributed by atoms with van der Waals surface area (Å²) >= 11 is 0. The van der Waals surface area contributed by atoms with E-state index in [0.29, 0.717) is 31.7 Å². The number of para-hydroxylation sites is 1. The van der Waals surface area contributed by atoms with Gasteiger partial charge in [-0.3, -0.25) is 9.69 Å². The molecule has 3 aliphatic rings. The maximum absolute atomic E-state index is 13.3. The quantitative estimate of drug-likeness (QED) is 0.608. The molecule has 1 aromatic carbocycles. The first-order chi connectivity index (χ1) is 17.0. The predicted octanol–water partition coefficient (Wildman–Crippen LogP) is 2.20. The molecule has 0 spiro atoms. The van der Waals surface area contributed by atoms with Crippen molar-refractivity contribution in [1.82, 2.24) is 24.6 Å². The average Bonchev–Trinajstić information content (AvgIpc) is 3.40. The number of hydrogen-bond donors (Lipinski definition) is 1. The summed E-state index contributed by atoms with van der Waals surface area (Å²) in [5.74, 6) is 0.0129. The lowest BCUT2D eigenvalue weighted by atomic mass is 10.1. The maximum Gasteiger partial charge on any atom is 0.337 e. The highest BCUT2D eigenvalue weighted by Crippen LogP contribution is 2.32. The van der Waals surface area contributed by atoms with Gasteiger partial charge in [-0.1, -0.05) is 18.2 Å². The zero-order chi connectivity index (χ0) is 23.9. The molecule has 9 heteroatoms. The molecule has 2 saturated heterocycles. The van der Waals surface area contributed by atoms with Crippen LogP contribution in [0.2, 0.25) is 0 Å². The van der Waals surface area contributed by atoms with Crippen LogP contribution in [0.4, 0.5) is 5.82 Å². The van der Waals surface area contributed by atoms with Crippen molar-refractivity contribution in [2.24, 2.45) is 0 Å². The van der Waals surface area contributed by atoms with Gasteiger partial charge in [-0.05, 0) is 37.1 Å². The fourth-order valence-corrected chi connectivity index (χ4v) is 5.63. The van der Waals surface area contributed by atoms with Crippen LogP contribution < -0.4 is 4.90 Å². The van der Waals surface area contributed by atoms with Crippen molar-refractivity contribution in [1.29, 1.82) is 0 Å². The monoisotopic (exact) mass is 472 g/mol. The van der Waals surface area contributed by atoms with Gasteiger partial charge in [0.1, 0.15) is 5.82 Å². The number of nitrogens with zero attached hydrogens (tertiary/aromatic N) is 6. The molecule has 2 bridgehead atoms. The Labute approximate surface area is 203 Å². The van der Waals surface area contributed by atoms with Crippen LogP contribution in [-0.4, -0.2) is 79.8 Å². The van der Waals surface area contributed by atoms with E-state index in [1.165, 1.54) is 6.20 Å². The Balaban J connectivity index is 1.09. The molecule has 0 saturated carbocycles. The number of fused-ring (bicyclic) bond motifs is 3. The van der Waals surface area contributed by atoms with Crippen LogP contribution in [0.25, 0.3) is 5.69 Å². The van der Waals surface area contributed by atoms with Gasteiger partial charge in [-0.25, -0.2) is 14.5 Å². The number of carboxylic acids is 1. The van der Waals surface area contributed by atoms with Crippen molar-refractivity contribution in [3.8, 4) is 5.69 Å². The van der Waals surface area contributed by atoms with Crippen molar-refractivity contribution < 1.29 is 14.7 Å². The summed E-state index contributed by atoms with van der Waals surface area (Å²) in [6.07, 6.45) is 6.38. The van der Waals surface area contributed by atoms with Gasteiger partial charge in [0.2, 0.25) is 5.91 Å². The topological polar surface area (TPSA) is 94.8 Å². The van der Waals surface area contributed by atoms with Gasteiger partial charge in [-0.2, -0.15) is 5.10 Å². The summed E-state index contributed by atoms with van der Waals surface area (Å²) < 4.78 is 1.91. The molecule has 3 aliphatic heterocycles. The Morgan fingerprint density at radius 3 is 2.49 bits per heavy atom. The minimum atomic E-state index is -0.968. The molecule has 2 aromatic heterocycles. The van der Waals surface area contributed by atoms with E-state index >= 15 is 0 Å². The molecule has 2 atom stereocenters. The SMILES string of the molecule is O=C(O)c1ccc(N2CC3CCC(C2)N3CC(=O)N2CCc3nn(-c4ccccc4)cc3C2)nc1. The Morgan fingerprint density at radius 2 is 1.80 bits per heavy atom. The third-order valence-electron chi connectivity index (χ3n) is 7.50. The Bertz CT molecular complexity index is 1230. The number of carbonyl (C=O) groups is 2. The minimum absolute atomic E-state index is 0.178. The molecule has 6 rings (SSSR count). The molecule has 0 aliphatic carbocycles. The van der Waals surface area contributed by atoms with Gasteiger partial charge in [0.05, 0.1) is 23.5 Å². The van der Waals surface area contributed by atoms with E-state index < -0.39 is 5.97 Å². The van der Waals surface area contributed by atoms with Crippen LogP contribution >= 0.6 is 0 Å². The van der Waals surface area contributed by atoms with E-state index in [9.17, 15) is 9.59 Å². The van der Waals surface area contributed by atoms with E-state index in [1.54, 1.807) is 12.1 Å². The number of carbonyl (C=O) groups excluding carboxylic acids is 1. The highest BCUT2D eigenvalue weighted by atomic mass is 16.4. The fraction of sp³-hybridized carbons (Fsp3) is 0.385. The van der Waals surface area contributed by atoms with E-state index in [4.69, 9.17) is 10.2 Å². The van der Waals surface area contributed by atoms with Crippen molar-refractivity contribution in [2.75, 3.05) is 31.1 Å². The number of piperazine rings is 1. The van der Waals surface area contributed by atoms with E-state index in [1.807, 2.05) is 39.9 Å². The maximum atomic E-state index is 13.3. The smallest absolute Gasteiger partial charge is 0.337 e. The Morgan fingerprint density at radius 1 is 1.03 bits per heavy atom. The van der Waals surface area contributed by atoms with Crippen LogP contribution in [0.3, 0.4) is 0 Å². The number of rotatable bonds is 5. The molecule has 1 amide bonds. The molecule has 0 radical (unpaired) electrons. The van der Waals surface area contributed by atoms with Gasteiger partial charge >= 0.3 is 5.97 Å². The number of anilines is 1. The molecule has 9 nitrogen and oxygen atoms in total. The zero-order valence-electron chi connectivity index (χ0n) is 19.5. The second-order valence-electron chi connectivity index (χ2n) is 9.62. The molecular weight excluding hydrogens is 444 g/mol. The molecule has 1 N–H and O–H groups in total. The fourth-order valence-electron chi connectivity index (χ4n) is 5.63. The largest absolute Gasteiger partial charge is 0.478 e. The molecule has 5 heterocycles. The molecule has 3 aromatic rings. The number of benzene rings is 1. The van der Waals surface area contributed by atoms with Gasteiger partial charge in [-0.15, -0.1) is 0 Å². The van der Waals surface area contributed by atoms with Gasteiger partial charge in [0.25, 0.3) is 0 Å². The first kappa shape index (κ1) is 21.8. The number of aromatic nitrogens is 3. The highest BCUT2D eigenvalue weighted by Gasteiger charge is 2.41. The summed E-state index contributed by atoms with van der Waals surface area (Å²) in [4.78, 5) is 35.3. The third-order valence-corrected chi connectivity index (χ3v) is 7.50. The summed E-state index contributed by atoms with van der Waals surface area (Å²) in [5.41, 5.74) is 3.42. The number of aromatic carboxylic acids is 1. The number of hydrogen-bond acceptors (Lipinski definition) is 6. The standard InChI is InChI=1S/C26H28N6O3/c33-25(29-11-10-23-19(13-29)14-32(28-23)20-4-2-1-3-5-20)17-31-21-7-8-22(31)16-30(15-21)24-9-6-18(12-27-24)26(34)35/h1-6,9,12,14,21-22H,7-8,10-11,13,15-17H2,(H,34,35). The van der Waals surface area contributed by atoms with E-state index in [2.05, 4.69) is 21.0 Å². The number of amides is 1. The lowest BCUT2D eigenvalue weighted by molar-refractivity contribution is -0.134. The van der Waals surface area contributed by atoms with Crippen molar-refractivity contribution in [2.45, 2.75) is 37.9 Å². The molecule has 2 fully saturated rings. The lowest BCUT2D eigenvalue weighted by Gasteiger charge is -2.42. The van der Waals surface area contributed by atoms with Gasteiger partial charge < -0.3 is 14.9 Å². The van der Waals surface area contributed by atoms with Crippen LogP contribution in [0.5, 0.6) is 0 Å². The highest BCUT2D eigenvalue weighted by molar-refractivity contribution is 5.87. The number of carboxylic acid groups (broad SMARTS) is 1. The van der Waals surface area contributed by atoms with Crippen LogP contribution in [-0.2, 0) is 17.8 Å². The first-order valence-corrected chi connectivity index (χ1v) is 12.2. The first-order valence-electron chi connectivity index (χ1n) is 12.2. The molecule has 180 valence electrons. The van der Waals surface area contributed by atoms with E-state index in [-0.39, 0.29) is 11.5 Å². The zero-order valence-corrected chi connectivity index (χ0v) is 19.5. The molecular formula is C26H28N6O3. The Kier molecular flexibility index (Phi) is 5.49. The average molecular weight is 473 g/mol. The molecule has 2 unspecified atom stereocenters. The van der Waals surface area contributed by atoms with Gasteiger partial charge in [0.15, 0.2) is 0 Å². The van der Waals surface area contributed by atoms with E-state index in [0.717, 1.165) is 55.1 Å². The minimum Gasteiger partial charge on any atom is -0.478 e. The van der Waals surface area contributed by atoms with Crippen molar-refractivity contribution in [3.05, 3.63) is 71.7 Å². The summed E-state index contributed by atoms with van der Waals surface area (Å²) in [7, 11) is 0. The van der Waals surface area contributed by atoms with Crippen molar-refractivity contribution >= 4 is 17.7 Å². The normalized spacial score (nSPS) is 21.7. The summed E-state index contributed by atoms with van der Waals surface area (Å²) in [6, 6.07) is 14.1. The lowest BCUT2D eigenvalue weighted by Crippen LogP contribution is -2.56. The van der Waals surface area contributed by atoms with Crippen LogP contribution in [0, 0.1) is 0 Å². The second-order valence-corrected chi connectivity index (χ2v) is 9.62. The predicted molar refractivity (Wildman–Crippen MR) is 130 cm³/mol. The van der Waals surface area contributed by atoms with Gasteiger partial charge in [0, 0.05) is 62.6 Å². The second kappa shape index (κ2) is 8.81.